The maximum Gasteiger partial charge on any atom is 0.0874 e. The molecule has 0 spiro atoms. The van der Waals surface area contributed by atoms with Crippen LogP contribution in [0.5, 0.6) is 0 Å². The Labute approximate surface area is 234 Å². The number of ether oxygens (including phenoxy) is 1. The summed E-state index contributed by atoms with van der Waals surface area (Å²) in [6.07, 6.45) is 8.22. The van der Waals surface area contributed by atoms with Crippen molar-refractivity contribution in [3.05, 3.63) is 100 Å². The van der Waals surface area contributed by atoms with Gasteiger partial charge in [0.15, 0.2) is 0 Å². The highest BCUT2D eigenvalue weighted by molar-refractivity contribution is 5.68. The fourth-order valence-electron chi connectivity index (χ4n) is 5.91. The molecular weight excluding hydrogens is 484 g/mol. The topological polar surface area (TPSA) is 47.9 Å². The summed E-state index contributed by atoms with van der Waals surface area (Å²) >= 11 is 0. The zero-order valence-corrected chi connectivity index (χ0v) is 24.3. The minimum atomic E-state index is -0.766. The van der Waals surface area contributed by atoms with Crippen molar-refractivity contribution in [2.75, 3.05) is 26.9 Å². The lowest BCUT2D eigenvalue weighted by Crippen LogP contribution is -2.33. The third-order valence-corrected chi connectivity index (χ3v) is 8.60. The second-order valence-corrected chi connectivity index (χ2v) is 10.9. The zero-order valence-electron chi connectivity index (χ0n) is 24.3. The molecule has 208 valence electrons. The molecule has 0 atom stereocenters. The first kappa shape index (κ1) is 29.2. The molecule has 1 heterocycles. The Morgan fingerprint density at radius 1 is 0.897 bits per heavy atom. The second kappa shape index (κ2) is 13.1. The molecule has 0 amide bonds. The first-order valence-electron chi connectivity index (χ1n) is 14.3. The molecule has 39 heavy (non-hydrogen) atoms. The number of hydrogen-bond acceptors (Lipinski definition) is 4. The van der Waals surface area contributed by atoms with Gasteiger partial charge in [-0.2, -0.15) is 0 Å². The molecule has 1 N–H and O–H groups in total. The van der Waals surface area contributed by atoms with Gasteiger partial charge in [-0.25, -0.2) is 9.78 Å². The van der Waals surface area contributed by atoms with E-state index in [1.165, 1.54) is 46.1 Å². The van der Waals surface area contributed by atoms with Gasteiger partial charge in [-0.15, -0.1) is 0 Å². The van der Waals surface area contributed by atoms with Crippen LogP contribution in [0.15, 0.2) is 66.7 Å². The maximum atomic E-state index is 10.8. The Kier molecular flexibility index (Phi) is 9.79. The van der Waals surface area contributed by atoms with Crippen LogP contribution in [0.25, 0.3) is 17.2 Å². The standard InChI is InChI=1S/C35H44O4/c1-6-35(7-2,31-13-12-29(26(3)24-31)16-18-34(36)19-22-38-23-20-34)32-14-15-33(27(4)25-32)30-10-8-28(9-11-30)17-21-39-37-5/h8-16,18,24-25,36H,6-7,17,19-23H2,1-5H3/b18-16+. The first-order chi connectivity index (χ1) is 18.8. The fraction of sp³-hybridized carbons (Fsp3) is 0.429. The highest BCUT2D eigenvalue weighted by Crippen LogP contribution is 2.41. The van der Waals surface area contributed by atoms with Crippen molar-refractivity contribution in [2.45, 2.75) is 70.8 Å². The first-order valence-corrected chi connectivity index (χ1v) is 14.3. The quantitative estimate of drug-likeness (QED) is 0.157. The van der Waals surface area contributed by atoms with Crippen LogP contribution in [0.1, 0.15) is 72.9 Å². The molecule has 1 aliphatic heterocycles. The number of hydrogen-bond donors (Lipinski definition) is 1. The van der Waals surface area contributed by atoms with E-state index in [1.54, 1.807) is 0 Å². The minimum Gasteiger partial charge on any atom is -0.386 e. The fourth-order valence-corrected chi connectivity index (χ4v) is 5.91. The van der Waals surface area contributed by atoms with Crippen LogP contribution < -0.4 is 0 Å². The molecule has 0 unspecified atom stereocenters. The van der Waals surface area contributed by atoms with Gasteiger partial charge in [0, 0.05) is 31.5 Å². The highest BCUT2D eigenvalue weighted by Gasteiger charge is 2.31. The van der Waals surface area contributed by atoms with Gasteiger partial charge in [-0.05, 0) is 77.6 Å². The SMILES string of the molecule is CCC(CC)(c1ccc(/C=C/C2(O)CCOCC2)c(C)c1)c1ccc(-c2ccc(CCOOC)cc2)c(C)c1. The second-order valence-electron chi connectivity index (χ2n) is 10.9. The van der Waals surface area contributed by atoms with E-state index in [9.17, 15) is 5.11 Å². The number of rotatable bonds is 11. The smallest absolute Gasteiger partial charge is 0.0874 e. The Morgan fingerprint density at radius 3 is 2.13 bits per heavy atom. The van der Waals surface area contributed by atoms with Crippen LogP contribution in [-0.2, 0) is 26.3 Å². The normalized spacial score (nSPS) is 15.6. The predicted molar refractivity (Wildman–Crippen MR) is 160 cm³/mol. The average molecular weight is 529 g/mol. The lowest BCUT2D eigenvalue weighted by atomic mass is 9.69. The molecule has 3 aromatic carbocycles. The molecular formula is C35H44O4. The van der Waals surface area contributed by atoms with E-state index in [0.717, 1.165) is 24.8 Å². The molecule has 1 saturated heterocycles. The van der Waals surface area contributed by atoms with Crippen molar-refractivity contribution in [3.8, 4) is 11.1 Å². The molecule has 0 aliphatic carbocycles. The molecule has 3 aromatic rings. The van der Waals surface area contributed by atoms with E-state index in [2.05, 4.69) is 94.4 Å². The lowest BCUT2D eigenvalue weighted by molar-refractivity contribution is -0.271. The van der Waals surface area contributed by atoms with Gasteiger partial charge in [-0.3, -0.25) is 0 Å². The van der Waals surface area contributed by atoms with E-state index < -0.39 is 5.60 Å². The van der Waals surface area contributed by atoms with E-state index in [1.807, 2.05) is 6.08 Å². The molecule has 1 aliphatic rings. The summed E-state index contributed by atoms with van der Waals surface area (Å²) in [7, 11) is 1.54. The Balaban J connectivity index is 1.59. The summed E-state index contributed by atoms with van der Waals surface area (Å²) in [6, 6.07) is 22.6. The molecule has 4 nitrogen and oxygen atoms in total. The van der Waals surface area contributed by atoms with E-state index in [0.29, 0.717) is 32.7 Å². The molecule has 0 radical (unpaired) electrons. The van der Waals surface area contributed by atoms with Crippen molar-refractivity contribution in [3.63, 3.8) is 0 Å². The number of aliphatic hydroxyl groups is 1. The number of aryl methyl sites for hydroxylation is 2. The molecule has 4 rings (SSSR count). The summed E-state index contributed by atoms with van der Waals surface area (Å²) in [6.45, 7) is 10.8. The van der Waals surface area contributed by atoms with Gasteiger partial charge in [0.1, 0.15) is 0 Å². The largest absolute Gasteiger partial charge is 0.386 e. The van der Waals surface area contributed by atoms with Crippen LogP contribution in [0.2, 0.25) is 0 Å². The van der Waals surface area contributed by atoms with Crippen LogP contribution in [-0.4, -0.2) is 37.6 Å². The van der Waals surface area contributed by atoms with Crippen LogP contribution in [0.3, 0.4) is 0 Å². The van der Waals surface area contributed by atoms with E-state index in [-0.39, 0.29) is 5.41 Å². The maximum absolute atomic E-state index is 10.8. The highest BCUT2D eigenvalue weighted by atomic mass is 17.2. The zero-order chi connectivity index (χ0) is 27.9. The van der Waals surface area contributed by atoms with Gasteiger partial charge in [0.25, 0.3) is 0 Å². The van der Waals surface area contributed by atoms with E-state index >= 15 is 0 Å². The Hall–Kier alpha value is -2.76. The molecule has 4 heteroatoms. The molecule has 1 fully saturated rings. The van der Waals surface area contributed by atoms with Crippen LogP contribution in [0, 0.1) is 13.8 Å². The Bertz CT molecular complexity index is 1250. The Morgan fingerprint density at radius 2 is 1.54 bits per heavy atom. The summed E-state index contributed by atoms with van der Waals surface area (Å²) in [5.74, 6) is 0. The van der Waals surface area contributed by atoms with Crippen molar-refractivity contribution >= 4 is 6.08 Å². The molecule has 0 bridgehead atoms. The van der Waals surface area contributed by atoms with Gasteiger partial charge in [0.2, 0.25) is 0 Å². The van der Waals surface area contributed by atoms with Gasteiger partial charge in [0.05, 0.1) is 19.3 Å². The molecule has 0 saturated carbocycles. The van der Waals surface area contributed by atoms with Crippen molar-refractivity contribution < 1.29 is 19.6 Å². The number of benzene rings is 3. The third kappa shape index (κ3) is 6.70. The monoisotopic (exact) mass is 528 g/mol. The van der Waals surface area contributed by atoms with Crippen LogP contribution in [0.4, 0.5) is 0 Å². The summed E-state index contributed by atoms with van der Waals surface area (Å²) in [5, 5.41) is 10.8. The summed E-state index contributed by atoms with van der Waals surface area (Å²) in [4.78, 5) is 9.71. The average Bonchev–Trinajstić information content (AvgIpc) is 2.95. The lowest BCUT2D eigenvalue weighted by Gasteiger charge is -2.34. The minimum absolute atomic E-state index is 0.0551. The molecule has 0 aromatic heterocycles. The third-order valence-electron chi connectivity index (χ3n) is 8.60. The predicted octanol–water partition coefficient (Wildman–Crippen LogP) is 7.75. The summed E-state index contributed by atoms with van der Waals surface area (Å²) < 4.78 is 5.42. The van der Waals surface area contributed by atoms with Gasteiger partial charge >= 0.3 is 0 Å². The van der Waals surface area contributed by atoms with Crippen molar-refractivity contribution in [2.24, 2.45) is 0 Å². The summed E-state index contributed by atoms with van der Waals surface area (Å²) in [5.41, 5.74) is 9.29. The van der Waals surface area contributed by atoms with Crippen molar-refractivity contribution in [1.82, 2.24) is 0 Å². The van der Waals surface area contributed by atoms with Gasteiger partial charge in [-0.1, -0.05) is 86.7 Å². The van der Waals surface area contributed by atoms with Crippen LogP contribution >= 0.6 is 0 Å². The van der Waals surface area contributed by atoms with Gasteiger partial charge < -0.3 is 9.84 Å². The van der Waals surface area contributed by atoms with Crippen molar-refractivity contribution in [1.29, 1.82) is 0 Å². The van der Waals surface area contributed by atoms with E-state index in [4.69, 9.17) is 14.5 Å².